The summed E-state index contributed by atoms with van der Waals surface area (Å²) in [6, 6.07) is 8.71. The average Bonchev–Trinajstić information content (AvgIpc) is 3.04. The summed E-state index contributed by atoms with van der Waals surface area (Å²) < 4.78 is 41.9. The molecule has 2 aromatic rings. The van der Waals surface area contributed by atoms with Crippen molar-refractivity contribution in [3.05, 3.63) is 82.6 Å². The molecular formula is C24H20F3N3O4. The SMILES string of the molecule is Cc1ccc(C(O)=C2C(=O)C(=O)N(c3ccc(C)nn3)C2C2=CCC(OC(F)(F)F)C=C2)cc1. The van der Waals surface area contributed by atoms with Crippen molar-refractivity contribution in [2.45, 2.75) is 38.8 Å². The first-order valence-electron chi connectivity index (χ1n) is 10.4. The smallest absolute Gasteiger partial charge is 0.507 e. The maximum absolute atomic E-state index is 13.1. The Labute approximate surface area is 192 Å². The summed E-state index contributed by atoms with van der Waals surface area (Å²) in [5.74, 6) is -2.19. The largest absolute Gasteiger partial charge is 0.523 e. The molecule has 0 bridgehead atoms. The van der Waals surface area contributed by atoms with Gasteiger partial charge in [0.25, 0.3) is 5.78 Å². The molecule has 1 aromatic carbocycles. The van der Waals surface area contributed by atoms with Crippen molar-refractivity contribution in [1.29, 1.82) is 0 Å². The number of anilines is 1. The molecule has 1 aromatic heterocycles. The Morgan fingerprint density at radius 3 is 2.35 bits per heavy atom. The lowest BCUT2D eigenvalue weighted by Gasteiger charge is -2.27. The van der Waals surface area contributed by atoms with Crippen LogP contribution >= 0.6 is 0 Å². The van der Waals surface area contributed by atoms with Crippen molar-refractivity contribution >= 4 is 23.3 Å². The molecule has 2 unspecified atom stereocenters. The molecule has 2 heterocycles. The van der Waals surface area contributed by atoms with E-state index >= 15 is 0 Å². The maximum atomic E-state index is 13.1. The number of alkyl halides is 3. The van der Waals surface area contributed by atoms with Gasteiger partial charge in [-0.3, -0.25) is 19.2 Å². The molecule has 176 valence electrons. The van der Waals surface area contributed by atoms with Crippen molar-refractivity contribution in [1.82, 2.24) is 10.2 Å². The fourth-order valence-corrected chi connectivity index (χ4v) is 3.85. The van der Waals surface area contributed by atoms with Crippen molar-refractivity contribution in [3.63, 3.8) is 0 Å². The Hall–Kier alpha value is -3.79. The third-order valence-corrected chi connectivity index (χ3v) is 5.49. The van der Waals surface area contributed by atoms with E-state index in [1.54, 1.807) is 37.3 Å². The molecule has 1 aliphatic carbocycles. The average molecular weight is 471 g/mol. The standard InChI is InChI=1S/C24H20F3N3O4/c1-13-3-6-16(7-4-13)21(31)19-20(15-8-10-17(11-9-15)34-24(25,26)27)30(23(33)22(19)32)18-12-5-14(2)28-29-18/h3-10,12,17,20,31H,11H2,1-2H3. The minimum atomic E-state index is -4.81. The van der Waals surface area contributed by atoms with Gasteiger partial charge in [-0.05, 0) is 38.0 Å². The molecule has 4 rings (SSSR count). The van der Waals surface area contributed by atoms with Crippen LogP contribution in [0.5, 0.6) is 0 Å². The topological polar surface area (TPSA) is 92.6 Å². The zero-order valence-corrected chi connectivity index (χ0v) is 18.2. The summed E-state index contributed by atoms with van der Waals surface area (Å²) in [5, 5.41) is 19.0. The highest BCUT2D eigenvalue weighted by atomic mass is 19.4. The number of benzene rings is 1. The lowest BCUT2D eigenvalue weighted by Crippen LogP contribution is -2.37. The number of nitrogens with zero attached hydrogens (tertiary/aromatic N) is 3. The van der Waals surface area contributed by atoms with E-state index in [0.29, 0.717) is 16.8 Å². The summed E-state index contributed by atoms with van der Waals surface area (Å²) in [4.78, 5) is 27.2. The van der Waals surface area contributed by atoms with Gasteiger partial charge >= 0.3 is 12.3 Å². The van der Waals surface area contributed by atoms with E-state index in [-0.39, 0.29) is 17.8 Å². The third kappa shape index (κ3) is 4.62. The van der Waals surface area contributed by atoms with Crippen LogP contribution in [0.2, 0.25) is 0 Å². The van der Waals surface area contributed by atoms with Crippen LogP contribution in [0.25, 0.3) is 5.76 Å². The number of hydrogen-bond donors (Lipinski definition) is 1. The molecule has 1 saturated heterocycles. The van der Waals surface area contributed by atoms with Gasteiger partial charge < -0.3 is 5.11 Å². The molecule has 0 spiro atoms. The second-order valence-electron chi connectivity index (χ2n) is 7.97. The van der Waals surface area contributed by atoms with Crippen LogP contribution in [0.1, 0.15) is 23.2 Å². The van der Waals surface area contributed by atoms with Crippen LogP contribution < -0.4 is 4.90 Å². The first-order chi connectivity index (χ1) is 16.0. The number of aliphatic hydroxyl groups excluding tert-OH is 1. The van der Waals surface area contributed by atoms with Gasteiger partial charge in [-0.2, -0.15) is 5.10 Å². The molecule has 7 nitrogen and oxygen atoms in total. The molecule has 1 fully saturated rings. The molecule has 10 heteroatoms. The van der Waals surface area contributed by atoms with Gasteiger partial charge in [0.1, 0.15) is 5.76 Å². The van der Waals surface area contributed by atoms with Crippen molar-refractivity contribution in [3.8, 4) is 0 Å². The number of rotatable bonds is 4. The number of ether oxygens (including phenoxy) is 1. The van der Waals surface area contributed by atoms with E-state index < -0.39 is 36.0 Å². The Kier molecular flexibility index (Phi) is 6.09. The molecule has 2 atom stereocenters. The van der Waals surface area contributed by atoms with Crippen molar-refractivity contribution in [2.24, 2.45) is 0 Å². The Bertz CT molecular complexity index is 1220. The lowest BCUT2D eigenvalue weighted by molar-refractivity contribution is -0.336. The maximum Gasteiger partial charge on any atom is 0.523 e. The summed E-state index contributed by atoms with van der Waals surface area (Å²) in [6.45, 7) is 3.56. The molecule has 2 aliphatic rings. The molecule has 34 heavy (non-hydrogen) atoms. The highest BCUT2D eigenvalue weighted by molar-refractivity contribution is 6.52. The first-order valence-corrected chi connectivity index (χ1v) is 10.4. The number of aryl methyl sites for hydroxylation is 2. The number of hydrogen-bond acceptors (Lipinski definition) is 6. The summed E-state index contributed by atoms with van der Waals surface area (Å²) in [5.41, 5.74) is 1.99. The number of aliphatic hydroxyl groups is 1. The summed E-state index contributed by atoms with van der Waals surface area (Å²) in [6.07, 6.45) is -2.19. The van der Waals surface area contributed by atoms with E-state index in [1.165, 1.54) is 24.3 Å². The predicted molar refractivity (Wildman–Crippen MR) is 117 cm³/mol. The number of ketones is 1. The minimum Gasteiger partial charge on any atom is -0.507 e. The number of carbonyl (C=O) groups is 2. The van der Waals surface area contributed by atoms with Gasteiger partial charge in [-0.15, -0.1) is 18.3 Å². The third-order valence-electron chi connectivity index (χ3n) is 5.49. The second-order valence-corrected chi connectivity index (χ2v) is 7.97. The first kappa shape index (κ1) is 23.4. The van der Waals surface area contributed by atoms with Gasteiger partial charge in [0.2, 0.25) is 0 Å². The highest BCUT2D eigenvalue weighted by Gasteiger charge is 2.48. The van der Waals surface area contributed by atoms with E-state index in [1.807, 2.05) is 6.92 Å². The van der Waals surface area contributed by atoms with Crippen LogP contribution in [-0.4, -0.2) is 45.5 Å². The number of Topliss-reactive ketones (excluding diaryl/α,β-unsaturated/α-hetero) is 1. The Morgan fingerprint density at radius 1 is 1.09 bits per heavy atom. The Balaban J connectivity index is 1.81. The van der Waals surface area contributed by atoms with Gasteiger partial charge in [0, 0.05) is 5.56 Å². The number of carbonyl (C=O) groups excluding carboxylic acids is 2. The molecule has 1 amide bonds. The van der Waals surface area contributed by atoms with Crippen LogP contribution in [0.4, 0.5) is 19.0 Å². The molecule has 0 saturated carbocycles. The van der Waals surface area contributed by atoms with Crippen molar-refractivity contribution in [2.75, 3.05) is 4.90 Å². The molecular weight excluding hydrogens is 451 g/mol. The highest BCUT2D eigenvalue weighted by Crippen LogP contribution is 2.37. The minimum absolute atomic E-state index is 0.0728. The summed E-state index contributed by atoms with van der Waals surface area (Å²) in [7, 11) is 0. The quantitative estimate of drug-likeness (QED) is 0.409. The normalized spacial score (nSPS) is 22.3. The lowest BCUT2D eigenvalue weighted by atomic mass is 9.91. The summed E-state index contributed by atoms with van der Waals surface area (Å²) >= 11 is 0. The number of halogens is 3. The fraction of sp³-hybridized carbons (Fsp3) is 0.250. The van der Waals surface area contributed by atoms with Gasteiger partial charge in [-0.1, -0.05) is 48.1 Å². The van der Waals surface area contributed by atoms with Crippen molar-refractivity contribution < 1.29 is 32.6 Å². The zero-order valence-electron chi connectivity index (χ0n) is 18.2. The number of amides is 1. The molecule has 1 N–H and O–H groups in total. The van der Waals surface area contributed by atoms with Crippen LogP contribution in [-0.2, 0) is 14.3 Å². The second kappa shape index (κ2) is 8.86. The fourth-order valence-electron chi connectivity index (χ4n) is 3.85. The van der Waals surface area contributed by atoms with E-state index in [9.17, 15) is 27.9 Å². The number of aromatic nitrogens is 2. The molecule has 0 radical (unpaired) electrons. The van der Waals surface area contributed by atoms with E-state index in [4.69, 9.17) is 0 Å². The zero-order chi connectivity index (χ0) is 24.6. The van der Waals surface area contributed by atoms with Crippen LogP contribution in [0.15, 0.2) is 65.8 Å². The van der Waals surface area contributed by atoms with Gasteiger partial charge in [0.05, 0.1) is 23.4 Å². The Morgan fingerprint density at radius 2 is 1.79 bits per heavy atom. The predicted octanol–water partition coefficient (Wildman–Crippen LogP) is 4.14. The van der Waals surface area contributed by atoms with Crippen LogP contribution in [0.3, 0.4) is 0 Å². The monoisotopic (exact) mass is 471 g/mol. The van der Waals surface area contributed by atoms with Gasteiger partial charge in [0.15, 0.2) is 5.82 Å². The van der Waals surface area contributed by atoms with Gasteiger partial charge in [-0.25, -0.2) is 0 Å². The van der Waals surface area contributed by atoms with E-state index in [2.05, 4.69) is 14.9 Å². The molecule has 1 aliphatic heterocycles. The van der Waals surface area contributed by atoms with E-state index in [0.717, 1.165) is 10.5 Å². The van der Waals surface area contributed by atoms with Crippen LogP contribution in [0, 0.1) is 13.8 Å².